The Morgan fingerprint density at radius 3 is 2.45 bits per heavy atom. The minimum atomic E-state index is -1.25. The fourth-order valence-electron chi connectivity index (χ4n) is 2.41. The number of benzene rings is 2. The maximum atomic E-state index is 13.4. The van der Waals surface area contributed by atoms with Gasteiger partial charge in [-0.2, -0.15) is 0 Å². The summed E-state index contributed by atoms with van der Waals surface area (Å²) < 4.78 is 13.4. The van der Waals surface area contributed by atoms with E-state index in [4.69, 9.17) is 5.11 Å². The van der Waals surface area contributed by atoms with Crippen LogP contribution >= 0.6 is 0 Å². The van der Waals surface area contributed by atoms with Crippen molar-refractivity contribution in [2.75, 3.05) is 5.32 Å². The zero-order chi connectivity index (χ0) is 14.2. The van der Waals surface area contributed by atoms with Gasteiger partial charge in [0.05, 0.1) is 11.1 Å². The fourth-order valence-corrected chi connectivity index (χ4v) is 2.41. The van der Waals surface area contributed by atoms with Gasteiger partial charge < -0.3 is 10.4 Å². The molecule has 0 amide bonds. The Balaban J connectivity index is 1.89. The number of halogens is 1. The molecule has 2 aromatic rings. The van der Waals surface area contributed by atoms with Crippen LogP contribution in [0.4, 0.5) is 10.1 Å². The van der Waals surface area contributed by atoms with Crippen molar-refractivity contribution in [3.05, 3.63) is 65.5 Å². The van der Waals surface area contributed by atoms with Crippen molar-refractivity contribution in [1.82, 2.24) is 0 Å². The summed E-state index contributed by atoms with van der Waals surface area (Å²) in [6.45, 7) is 0. The highest BCUT2D eigenvalue weighted by atomic mass is 19.1. The summed E-state index contributed by atoms with van der Waals surface area (Å²) in [5.41, 5.74) is 1.35. The SMILES string of the molecule is O=C(O)c1cc(NC2(c3ccccc3)CC2)ccc1F. The first kappa shape index (κ1) is 12.7. The van der Waals surface area contributed by atoms with Gasteiger partial charge in [0, 0.05) is 5.69 Å². The molecule has 20 heavy (non-hydrogen) atoms. The van der Waals surface area contributed by atoms with Gasteiger partial charge in [0.2, 0.25) is 0 Å². The van der Waals surface area contributed by atoms with Gasteiger partial charge in [-0.25, -0.2) is 9.18 Å². The average molecular weight is 271 g/mol. The van der Waals surface area contributed by atoms with E-state index in [0.717, 1.165) is 12.8 Å². The second kappa shape index (κ2) is 4.63. The molecule has 1 saturated carbocycles. The Hall–Kier alpha value is -2.36. The molecule has 3 nitrogen and oxygen atoms in total. The zero-order valence-corrected chi connectivity index (χ0v) is 10.8. The quantitative estimate of drug-likeness (QED) is 0.892. The topological polar surface area (TPSA) is 49.3 Å². The second-order valence-electron chi connectivity index (χ2n) is 5.07. The number of rotatable bonds is 4. The maximum Gasteiger partial charge on any atom is 0.338 e. The molecule has 2 N–H and O–H groups in total. The average Bonchev–Trinajstić information content (AvgIpc) is 3.23. The maximum absolute atomic E-state index is 13.4. The second-order valence-corrected chi connectivity index (χ2v) is 5.07. The van der Waals surface area contributed by atoms with E-state index >= 15 is 0 Å². The molecular formula is C16H14FNO2. The van der Waals surface area contributed by atoms with E-state index in [0.29, 0.717) is 5.69 Å². The van der Waals surface area contributed by atoms with Crippen LogP contribution in [0.25, 0.3) is 0 Å². The first-order valence-corrected chi connectivity index (χ1v) is 6.47. The van der Waals surface area contributed by atoms with Crippen LogP contribution in [-0.4, -0.2) is 11.1 Å². The molecular weight excluding hydrogens is 257 g/mol. The summed E-state index contributed by atoms with van der Waals surface area (Å²) in [7, 11) is 0. The van der Waals surface area contributed by atoms with Crippen molar-refractivity contribution in [3.8, 4) is 0 Å². The Morgan fingerprint density at radius 2 is 1.85 bits per heavy atom. The largest absolute Gasteiger partial charge is 0.478 e. The molecule has 0 saturated heterocycles. The van der Waals surface area contributed by atoms with Crippen molar-refractivity contribution in [3.63, 3.8) is 0 Å². The molecule has 0 atom stereocenters. The zero-order valence-electron chi connectivity index (χ0n) is 10.8. The highest BCUT2D eigenvalue weighted by Crippen LogP contribution is 2.48. The lowest BCUT2D eigenvalue weighted by Gasteiger charge is -2.19. The number of nitrogens with one attached hydrogen (secondary N) is 1. The predicted octanol–water partition coefficient (Wildman–Crippen LogP) is 3.63. The lowest BCUT2D eigenvalue weighted by Crippen LogP contribution is -2.19. The van der Waals surface area contributed by atoms with E-state index in [2.05, 4.69) is 5.32 Å². The van der Waals surface area contributed by atoms with Crippen molar-refractivity contribution in [2.45, 2.75) is 18.4 Å². The molecule has 1 aliphatic carbocycles. The molecule has 0 aliphatic heterocycles. The number of hydrogen-bond donors (Lipinski definition) is 2. The number of carboxylic acid groups (broad SMARTS) is 1. The molecule has 2 aromatic carbocycles. The van der Waals surface area contributed by atoms with Crippen LogP contribution in [0.2, 0.25) is 0 Å². The van der Waals surface area contributed by atoms with Crippen LogP contribution in [-0.2, 0) is 5.54 Å². The van der Waals surface area contributed by atoms with Gasteiger partial charge in [0.1, 0.15) is 5.82 Å². The van der Waals surface area contributed by atoms with Gasteiger partial charge in [0.25, 0.3) is 0 Å². The lowest BCUT2D eigenvalue weighted by molar-refractivity contribution is 0.0692. The third-order valence-electron chi connectivity index (χ3n) is 3.66. The first-order chi connectivity index (χ1) is 9.61. The smallest absolute Gasteiger partial charge is 0.338 e. The van der Waals surface area contributed by atoms with Crippen LogP contribution in [0.5, 0.6) is 0 Å². The molecule has 0 heterocycles. The molecule has 0 radical (unpaired) electrons. The van der Waals surface area contributed by atoms with Gasteiger partial charge in [-0.15, -0.1) is 0 Å². The molecule has 0 spiro atoms. The Morgan fingerprint density at radius 1 is 1.15 bits per heavy atom. The standard InChI is InChI=1S/C16H14FNO2/c17-14-7-6-12(10-13(14)15(19)20)18-16(8-9-16)11-4-2-1-3-5-11/h1-7,10,18H,8-9H2,(H,19,20). The summed E-state index contributed by atoms with van der Waals surface area (Å²) in [5, 5.41) is 12.3. The van der Waals surface area contributed by atoms with Gasteiger partial charge in [-0.3, -0.25) is 0 Å². The third-order valence-corrected chi connectivity index (χ3v) is 3.66. The van der Waals surface area contributed by atoms with E-state index in [9.17, 15) is 9.18 Å². The fraction of sp³-hybridized carbons (Fsp3) is 0.188. The molecule has 1 aliphatic rings. The van der Waals surface area contributed by atoms with Crippen molar-refractivity contribution >= 4 is 11.7 Å². The molecule has 0 bridgehead atoms. The minimum Gasteiger partial charge on any atom is -0.478 e. The minimum absolute atomic E-state index is 0.144. The molecule has 4 heteroatoms. The molecule has 0 unspecified atom stereocenters. The van der Waals surface area contributed by atoms with Crippen LogP contribution < -0.4 is 5.32 Å². The molecule has 1 fully saturated rings. The summed E-state index contributed by atoms with van der Waals surface area (Å²) in [5.74, 6) is -1.97. The Kier molecular flexibility index (Phi) is 2.93. The molecule has 102 valence electrons. The normalized spacial score (nSPS) is 15.7. The van der Waals surface area contributed by atoms with E-state index in [1.54, 1.807) is 6.07 Å². The van der Waals surface area contributed by atoms with Crippen molar-refractivity contribution in [1.29, 1.82) is 0 Å². The molecule has 3 rings (SSSR count). The van der Waals surface area contributed by atoms with Crippen LogP contribution in [0.1, 0.15) is 28.8 Å². The monoisotopic (exact) mass is 271 g/mol. The number of carbonyl (C=O) groups is 1. The van der Waals surface area contributed by atoms with Crippen LogP contribution in [0.3, 0.4) is 0 Å². The van der Waals surface area contributed by atoms with E-state index in [1.165, 1.54) is 17.7 Å². The number of carboxylic acids is 1. The van der Waals surface area contributed by atoms with Gasteiger partial charge in [-0.05, 0) is 36.6 Å². The highest BCUT2D eigenvalue weighted by molar-refractivity contribution is 5.89. The van der Waals surface area contributed by atoms with Gasteiger partial charge >= 0.3 is 5.97 Å². The Bertz CT molecular complexity index is 651. The van der Waals surface area contributed by atoms with E-state index in [-0.39, 0.29) is 11.1 Å². The summed E-state index contributed by atoms with van der Waals surface area (Å²) in [4.78, 5) is 11.0. The number of anilines is 1. The summed E-state index contributed by atoms with van der Waals surface area (Å²) in [6.07, 6.45) is 1.97. The highest BCUT2D eigenvalue weighted by Gasteiger charge is 2.44. The van der Waals surface area contributed by atoms with Crippen LogP contribution in [0.15, 0.2) is 48.5 Å². The van der Waals surface area contributed by atoms with Crippen molar-refractivity contribution in [2.24, 2.45) is 0 Å². The van der Waals surface area contributed by atoms with Gasteiger partial charge in [-0.1, -0.05) is 30.3 Å². The summed E-state index contributed by atoms with van der Waals surface area (Å²) in [6, 6.07) is 14.1. The Labute approximate surface area is 116 Å². The number of hydrogen-bond acceptors (Lipinski definition) is 2. The van der Waals surface area contributed by atoms with E-state index in [1.807, 2.05) is 30.3 Å². The van der Waals surface area contributed by atoms with E-state index < -0.39 is 11.8 Å². The predicted molar refractivity (Wildman–Crippen MR) is 74.3 cm³/mol. The van der Waals surface area contributed by atoms with Crippen molar-refractivity contribution < 1.29 is 14.3 Å². The first-order valence-electron chi connectivity index (χ1n) is 6.47. The number of aromatic carboxylic acids is 1. The van der Waals surface area contributed by atoms with Crippen LogP contribution in [0, 0.1) is 5.82 Å². The summed E-state index contributed by atoms with van der Waals surface area (Å²) >= 11 is 0. The third kappa shape index (κ3) is 2.25. The van der Waals surface area contributed by atoms with Gasteiger partial charge in [0.15, 0.2) is 0 Å². The molecule has 0 aromatic heterocycles. The lowest BCUT2D eigenvalue weighted by atomic mass is 10.0.